The molecule has 31 heavy (non-hydrogen) atoms. The van der Waals surface area contributed by atoms with Crippen LogP contribution in [0.15, 0.2) is 48.5 Å². The van der Waals surface area contributed by atoms with Crippen molar-refractivity contribution in [2.45, 2.75) is 37.6 Å². The van der Waals surface area contributed by atoms with Crippen molar-refractivity contribution < 1.29 is 14.4 Å². The number of nitrogens with zero attached hydrogens (tertiary/aromatic N) is 2. The molecule has 2 aliphatic rings. The van der Waals surface area contributed by atoms with Gasteiger partial charge in [0.1, 0.15) is 17.9 Å². The van der Waals surface area contributed by atoms with Crippen LogP contribution in [-0.2, 0) is 9.59 Å². The number of aromatic nitrogens is 2. The van der Waals surface area contributed by atoms with Gasteiger partial charge in [0.05, 0.1) is 11.0 Å². The van der Waals surface area contributed by atoms with Gasteiger partial charge in [0.15, 0.2) is 0 Å². The first-order valence-corrected chi connectivity index (χ1v) is 10.5. The number of hydrogen-bond donors (Lipinski definition) is 3. The smallest absolute Gasteiger partial charge is 0.325 e. The molecule has 1 aliphatic heterocycles. The highest BCUT2D eigenvalue weighted by Crippen LogP contribution is 2.33. The molecule has 1 saturated heterocycles. The molecule has 8 heteroatoms. The van der Waals surface area contributed by atoms with Gasteiger partial charge in [0, 0.05) is 11.3 Å². The largest absolute Gasteiger partial charge is 0.338 e. The zero-order valence-electron chi connectivity index (χ0n) is 17.0. The summed E-state index contributed by atoms with van der Waals surface area (Å²) in [5.74, 6) is 0.0524. The zero-order chi connectivity index (χ0) is 21.4. The van der Waals surface area contributed by atoms with E-state index < -0.39 is 17.5 Å². The average molecular weight is 417 g/mol. The van der Waals surface area contributed by atoms with Crippen LogP contribution in [0.5, 0.6) is 0 Å². The van der Waals surface area contributed by atoms with Crippen LogP contribution in [0.3, 0.4) is 0 Å². The lowest BCUT2D eigenvalue weighted by molar-refractivity contribution is -0.134. The normalized spacial score (nSPS) is 17.9. The molecule has 1 aromatic heterocycles. The Morgan fingerprint density at radius 2 is 1.77 bits per heavy atom. The molecule has 8 nitrogen and oxygen atoms in total. The van der Waals surface area contributed by atoms with Gasteiger partial charge in [-0.3, -0.25) is 14.5 Å². The van der Waals surface area contributed by atoms with Crippen LogP contribution in [0, 0.1) is 0 Å². The minimum atomic E-state index is -0.816. The molecule has 0 unspecified atom stereocenters. The van der Waals surface area contributed by atoms with Crippen LogP contribution >= 0.6 is 0 Å². The Hall–Kier alpha value is -3.68. The number of fused-ring (bicyclic) bond motifs is 1. The van der Waals surface area contributed by atoms with Crippen LogP contribution in [0.1, 0.15) is 32.1 Å². The van der Waals surface area contributed by atoms with Crippen molar-refractivity contribution in [2.24, 2.45) is 0 Å². The maximum atomic E-state index is 12.8. The third-order valence-electron chi connectivity index (χ3n) is 6.09. The lowest BCUT2D eigenvalue weighted by Crippen LogP contribution is -2.48. The van der Waals surface area contributed by atoms with E-state index in [1.165, 1.54) is 0 Å². The van der Waals surface area contributed by atoms with E-state index in [4.69, 9.17) is 0 Å². The second-order valence-corrected chi connectivity index (χ2v) is 8.19. The molecule has 3 N–H and O–H groups in total. The van der Waals surface area contributed by atoms with E-state index in [2.05, 4.69) is 20.6 Å². The van der Waals surface area contributed by atoms with Gasteiger partial charge in [-0.05, 0) is 49.2 Å². The van der Waals surface area contributed by atoms with E-state index in [1.807, 2.05) is 36.4 Å². The van der Waals surface area contributed by atoms with Gasteiger partial charge in [-0.2, -0.15) is 0 Å². The highest BCUT2D eigenvalue weighted by Gasteiger charge is 2.51. The van der Waals surface area contributed by atoms with Crippen LogP contribution in [0.25, 0.3) is 22.4 Å². The summed E-state index contributed by atoms with van der Waals surface area (Å²) < 4.78 is 0. The Labute approximate surface area is 179 Å². The number of amides is 4. The lowest BCUT2D eigenvalue weighted by atomic mass is 9.82. The maximum absolute atomic E-state index is 12.8. The van der Waals surface area contributed by atoms with E-state index in [1.54, 1.807) is 12.1 Å². The van der Waals surface area contributed by atoms with Crippen LogP contribution in [-0.4, -0.2) is 44.8 Å². The fourth-order valence-electron chi connectivity index (χ4n) is 4.46. The van der Waals surface area contributed by atoms with Crippen molar-refractivity contribution in [3.05, 3.63) is 48.5 Å². The first kappa shape index (κ1) is 19.3. The Bertz CT molecular complexity index is 1130. The highest BCUT2D eigenvalue weighted by molar-refractivity contribution is 6.10. The molecule has 0 atom stereocenters. The predicted octanol–water partition coefficient (Wildman–Crippen LogP) is 3.42. The van der Waals surface area contributed by atoms with Crippen LogP contribution in [0.4, 0.5) is 10.5 Å². The summed E-state index contributed by atoms with van der Waals surface area (Å²) in [4.78, 5) is 46.5. The quantitative estimate of drug-likeness (QED) is 0.565. The fraction of sp³-hybridized carbons (Fsp3) is 0.304. The Kier molecular flexibility index (Phi) is 4.69. The molecule has 4 amide bonds. The minimum absolute atomic E-state index is 0.285. The number of H-pyrrole nitrogens is 1. The second-order valence-electron chi connectivity index (χ2n) is 8.19. The van der Waals surface area contributed by atoms with E-state index in [-0.39, 0.29) is 12.5 Å². The molecule has 158 valence electrons. The van der Waals surface area contributed by atoms with Gasteiger partial charge in [-0.15, -0.1) is 0 Å². The number of imide groups is 1. The molecule has 2 fully saturated rings. The number of urea groups is 1. The first-order valence-electron chi connectivity index (χ1n) is 10.5. The van der Waals surface area contributed by atoms with E-state index in [0.29, 0.717) is 18.5 Å². The van der Waals surface area contributed by atoms with Gasteiger partial charge >= 0.3 is 6.03 Å². The van der Waals surface area contributed by atoms with E-state index >= 15 is 0 Å². The third kappa shape index (κ3) is 3.54. The Morgan fingerprint density at radius 1 is 1.03 bits per heavy atom. The van der Waals surface area contributed by atoms with Crippen molar-refractivity contribution >= 4 is 34.6 Å². The van der Waals surface area contributed by atoms with Crippen LogP contribution < -0.4 is 10.6 Å². The monoisotopic (exact) mass is 417 g/mol. The Balaban J connectivity index is 1.24. The van der Waals surface area contributed by atoms with E-state index in [0.717, 1.165) is 46.6 Å². The summed E-state index contributed by atoms with van der Waals surface area (Å²) in [6, 6.07) is 14.6. The van der Waals surface area contributed by atoms with Crippen molar-refractivity contribution in [3.8, 4) is 11.4 Å². The molecule has 0 radical (unpaired) electrons. The van der Waals surface area contributed by atoms with E-state index in [9.17, 15) is 14.4 Å². The number of carbonyl (C=O) groups excluding carboxylic acids is 3. The number of aromatic amines is 1. The molecule has 0 bridgehead atoms. The molecular weight excluding hydrogens is 394 g/mol. The fourth-order valence-corrected chi connectivity index (χ4v) is 4.46. The van der Waals surface area contributed by atoms with Gasteiger partial charge < -0.3 is 15.6 Å². The summed E-state index contributed by atoms with van der Waals surface area (Å²) in [6.45, 7) is -0.294. The predicted molar refractivity (Wildman–Crippen MR) is 116 cm³/mol. The first-order chi connectivity index (χ1) is 15.0. The van der Waals surface area contributed by atoms with Gasteiger partial charge in [-0.25, -0.2) is 9.78 Å². The second kappa shape index (κ2) is 7.54. The summed E-state index contributed by atoms with van der Waals surface area (Å²) >= 11 is 0. The van der Waals surface area contributed by atoms with Crippen molar-refractivity contribution in [3.63, 3.8) is 0 Å². The average Bonchev–Trinajstić information content (AvgIpc) is 3.30. The number of nitrogens with one attached hydrogen (secondary N) is 3. The standard InChI is InChI=1S/C23H23N5O3/c29-19(14-28-21(30)23(27-22(28)31)12-4-1-5-13-23)24-16-10-8-15(9-11-16)20-25-17-6-2-3-7-18(17)26-20/h2-3,6-11H,1,4-5,12-14H2,(H,24,29)(H,25,26)(H,27,31). The third-order valence-corrected chi connectivity index (χ3v) is 6.09. The van der Waals surface area contributed by atoms with Crippen molar-refractivity contribution in [1.82, 2.24) is 20.2 Å². The van der Waals surface area contributed by atoms with Gasteiger partial charge in [-0.1, -0.05) is 31.4 Å². The summed E-state index contributed by atoms with van der Waals surface area (Å²) in [5, 5.41) is 5.59. The molecule has 1 aliphatic carbocycles. The number of benzene rings is 2. The number of carbonyl (C=O) groups is 3. The molecule has 2 aromatic carbocycles. The van der Waals surface area contributed by atoms with Gasteiger partial charge in [0.2, 0.25) is 5.91 Å². The minimum Gasteiger partial charge on any atom is -0.338 e. The molecular formula is C23H23N5O3. The molecule has 3 aromatic rings. The number of para-hydroxylation sites is 2. The molecule has 2 heterocycles. The number of imidazole rings is 1. The highest BCUT2D eigenvalue weighted by atomic mass is 16.2. The SMILES string of the molecule is O=C(CN1C(=O)NC2(CCCCC2)C1=O)Nc1ccc(-c2nc3ccccc3[nH]2)cc1. The number of anilines is 1. The molecule has 5 rings (SSSR count). The summed E-state index contributed by atoms with van der Waals surface area (Å²) in [7, 11) is 0. The maximum Gasteiger partial charge on any atom is 0.325 e. The lowest BCUT2D eigenvalue weighted by Gasteiger charge is -2.30. The zero-order valence-corrected chi connectivity index (χ0v) is 17.0. The molecule has 1 spiro atoms. The number of hydrogen-bond acceptors (Lipinski definition) is 4. The topological polar surface area (TPSA) is 107 Å². The van der Waals surface area contributed by atoms with Crippen molar-refractivity contribution in [1.29, 1.82) is 0 Å². The molecule has 1 saturated carbocycles. The van der Waals surface area contributed by atoms with Crippen LogP contribution in [0.2, 0.25) is 0 Å². The summed E-state index contributed by atoms with van der Waals surface area (Å²) in [6.07, 6.45) is 4.15. The van der Waals surface area contributed by atoms with Crippen molar-refractivity contribution in [2.75, 3.05) is 11.9 Å². The summed E-state index contributed by atoms with van der Waals surface area (Å²) in [5.41, 5.74) is 2.51. The van der Waals surface area contributed by atoms with Gasteiger partial charge in [0.25, 0.3) is 5.91 Å². The number of rotatable bonds is 4. The Morgan fingerprint density at radius 3 is 2.52 bits per heavy atom.